The van der Waals surface area contributed by atoms with Gasteiger partial charge in [-0.3, -0.25) is 4.90 Å². The van der Waals surface area contributed by atoms with Gasteiger partial charge in [0.25, 0.3) is 0 Å². The summed E-state index contributed by atoms with van der Waals surface area (Å²) in [5, 5.41) is 9.76. The second-order valence-electron chi connectivity index (χ2n) is 9.11. The van der Waals surface area contributed by atoms with E-state index in [1.807, 2.05) is 0 Å². The van der Waals surface area contributed by atoms with Gasteiger partial charge in [-0.1, -0.05) is 0 Å². The Morgan fingerprint density at radius 2 is 2.06 bits per heavy atom. The third-order valence-corrected chi connectivity index (χ3v) is 7.68. The first-order valence-corrected chi connectivity index (χ1v) is 12.6. The number of likely N-dealkylation sites (tertiary alicyclic amines) is 1. The molecule has 1 saturated heterocycles. The molecule has 12 heteroatoms. The van der Waals surface area contributed by atoms with Gasteiger partial charge in [-0.15, -0.1) is 0 Å². The largest absolute Gasteiger partial charge is 0.465 e. The first-order chi connectivity index (χ1) is 15.1. The summed E-state index contributed by atoms with van der Waals surface area (Å²) in [6, 6.07) is -1.69. The molecule has 2 N–H and O–H groups in total. The maximum Gasteiger partial charge on any atom is 0.408 e. The van der Waals surface area contributed by atoms with Gasteiger partial charge in [0.1, 0.15) is 5.82 Å². The fourth-order valence-corrected chi connectivity index (χ4v) is 6.26. The van der Waals surface area contributed by atoms with E-state index in [9.17, 15) is 22.7 Å². The van der Waals surface area contributed by atoms with Crippen LogP contribution < -0.4 is 4.72 Å². The molecule has 178 valence electrons. The summed E-state index contributed by atoms with van der Waals surface area (Å²) in [6.07, 6.45) is 5.86. The number of rotatable bonds is 8. The van der Waals surface area contributed by atoms with Crippen LogP contribution in [0.3, 0.4) is 0 Å². The van der Waals surface area contributed by atoms with E-state index in [1.165, 1.54) is 24.4 Å². The summed E-state index contributed by atoms with van der Waals surface area (Å²) < 4.78 is 50.7. The van der Waals surface area contributed by atoms with Gasteiger partial charge in [-0.25, -0.2) is 32.3 Å². The standard InChI is InChI=1S/C20H29FN4O6S/c1-30-10-14-6-16(24-32(2,28)29)17(25(14)19(26)27)11-31-15-3-4-20(7-12(20)5-15)18-22-8-13(21)9-23-18/h8-9,12,14-17,24H,3-7,10-11H2,1-2H3,(H,26,27)/t12-,14+,15+,16+,17+,20-/m1/s1. The average molecular weight is 473 g/mol. The van der Waals surface area contributed by atoms with E-state index < -0.39 is 40.1 Å². The normalized spacial score (nSPS) is 34.3. The lowest BCUT2D eigenvalue weighted by molar-refractivity contribution is -0.0129. The first kappa shape index (κ1) is 23.3. The molecule has 0 aromatic carbocycles. The quantitative estimate of drug-likeness (QED) is 0.576. The zero-order valence-corrected chi connectivity index (χ0v) is 18.9. The topological polar surface area (TPSA) is 131 Å². The molecule has 4 rings (SSSR count). The molecule has 3 fully saturated rings. The lowest BCUT2D eigenvalue weighted by atomic mass is 9.86. The number of sulfonamides is 1. The summed E-state index contributed by atoms with van der Waals surface area (Å²) in [5.74, 6) is 0.565. The third-order valence-electron chi connectivity index (χ3n) is 6.95. The van der Waals surface area contributed by atoms with Crippen LogP contribution in [-0.4, -0.2) is 85.3 Å². The van der Waals surface area contributed by atoms with Crippen molar-refractivity contribution in [3.8, 4) is 0 Å². The second-order valence-corrected chi connectivity index (χ2v) is 10.9. The molecular formula is C20H29FN4O6S. The third kappa shape index (κ3) is 4.73. The van der Waals surface area contributed by atoms with E-state index in [0.29, 0.717) is 18.2 Å². The van der Waals surface area contributed by atoms with Crippen molar-refractivity contribution in [1.29, 1.82) is 0 Å². The van der Waals surface area contributed by atoms with Crippen molar-refractivity contribution in [3.63, 3.8) is 0 Å². The van der Waals surface area contributed by atoms with Crippen molar-refractivity contribution in [2.24, 2.45) is 5.92 Å². The number of fused-ring (bicyclic) bond motifs is 1. The number of aromatic nitrogens is 2. The fourth-order valence-electron chi connectivity index (χ4n) is 5.46. The number of nitrogens with zero attached hydrogens (tertiary/aromatic N) is 3. The monoisotopic (exact) mass is 472 g/mol. The minimum absolute atomic E-state index is 0.0629. The zero-order chi connectivity index (χ0) is 23.1. The number of carbonyl (C=O) groups is 1. The van der Waals surface area contributed by atoms with Crippen molar-refractivity contribution >= 4 is 16.1 Å². The molecule has 10 nitrogen and oxygen atoms in total. The molecule has 2 aliphatic carbocycles. The summed E-state index contributed by atoms with van der Waals surface area (Å²) in [6.45, 7) is 0.271. The molecule has 1 aromatic rings. The molecule has 3 aliphatic rings. The van der Waals surface area contributed by atoms with Gasteiger partial charge in [-0.05, 0) is 38.0 Å². The minimum atomic E-state index is -3.52. The molecule has 6 atom stereocenters. The van der Waals surface area contributed by atoms with Gasteiger partial charge in [-0.2, -0.15) is 0 Å². The molecule has 1 aromatic heterocycles. The minimum Gasteiger partial charge on any atom is -0.465 e. The van der Waals surface area contributed by atoms with E-state index in [4.69, 9.17) is 9.47 Å². The van der Waals surface area contributed by atoms with Crippen LogP contribution >= 0.6 is 0 Å². The summed E-state index contributed by atoms with van der Waals surface area (Å²) in [4.78, 5) is 21.5. The lowest BCUT2D eigenvalue weighted by Crippen LogP contribution is -2.50. The van der Waals surface area contributed by atoms with Gasteiger partial charge in [0.2, 0.25) is 10.0 Å². The lowest BCUT2D eigenvalue weighted by Gasteiger charge is -2.32. The highest BCUT2D eigenvalue weighted by Gasteiger charge is 2.60. The highest BCUT2D eigenvalue weighted by molar-refractivity contribution is 7.88. The number of nitrogens with one attached hydrogen (secondary N) is 1. The average Bonchev–Trinajstić information content (AvgIpc) is 3.35. The Morgan fingerprint density at radius 3 is 2.66 bits per heavy atom. The number of ether oxygens (including phenoxy) is 2. The van der Waals surface area contributed by atoms with Crippen molar-refractivity contribution in [2.75, 3.05) is 26.6 Å². The number of halogens is 1. The van der Waals surface area contributed by atoms with Crippen LogP contribution in [0, 0.1) is 11.7 Å². The number of hydrogen-bond acceptors (Lipinski definition) is 7. The maximum absolute atomic E-state index is 13.2. The Kier molecular flexibility index (Phi) is 6.40. The second kappa shape index (κ2) is 8.81. The number of methoxy groups -OCH3 is 1. The van der Waals surface area contributed by atoms with Gasteiger partial charge in [0.05, 0.1) is 50.1 Å². The van der Waals surface area contributed by atoms with Crippen LogP contribution in [0.25, 0.3) is 0 Å². The SMILES string of the molecule is COC[C@@H]1C[C@H](NS(C)(=O)=O)[C@H](CO[C@H]2CC[C@@]3(c4ncc(F)cn4)C[C@H]3C2)N1C(=O)O. The Labute approximate surface area is 186 Å². The molecule has 2 saturated carbocycles. The van der Waals surface area contributed by atoms with E-state index >= 15 is 0 Å². The van der Waals surface area contributed by atoms with Crippen molar-refractivity contribution < 1.29 is 32.2 Å². The predicted octanol–water partition coefficient (Wildman–Crippen LogP) is 1.13. The van der Waals surface area contributed by atoms with E-state index in [2.05, 4.69) is 14.7 Å². The Morgan fingerprint density at radius 1 is 1.34 bits per heavy atom. The van der Waals surface area contributed by atoms with Crippen LogP contribution in [0.15, 0.2) is 12.4 Å². The van der Waals surface area contributed by atoms with Crippen LogP contribution in [-0.2, 0) is 24.9 Å². The number of hydrogen-bond donors (Lipinski definition) is 2. The van der Waals surface area contributed by atoms with Gasteiger partial charge < -0.3 is 14.6 Å². The highest BCUT2D eigenvalue weighted by Crippen LogP contribution is 2.61. The molecule has 0 spiro atoms. The number of carboxylic acid groups (broad SMARTS) is 1. The Balaban J connectivity index is 1.40. The Bertz CT molecular complexity index is 948. The zero-order valence-electron chi connectivity index (χ0n) is 18.1. The molecule has 0 radical (unpaired) electrons. The summed E-state index contributed by atoms with van der Waals surface area (Å²) in [5.41, 5.74) is -0.113. The fraction of sp³-hybridized carbons (Fsp3) is 0.750. The molecule has 32 heavy (non-hydrogen) atoms. The summed E-state index contributed by atoms with van der Waals surface area (Å²) in [7, 11) is -2.04. The summed E-state index contributed by atoms with van der Waals surface area (Å²) >= 11 is 0. The smallest absolute Gasteiger partial charge is 0.408 e. The first-order valence-electron chi connectivity index (χ1n) is 10.7. The molecule has 2 heterocycles. The molecule has 0 unspecified atom stereocenters. The predicted molar refractivity (Wildman–Crippen MR) is 111 cm³/mol. The van der Waals surface area contributed by atoms with Crippen molar-refractivity contribution in [2.45, 2.75) is 61.7 Å². The Hall–Kier alpha value is -1.89. The van der Waals surface area contributed by atoms with E-state index in [0.717, 1.165) is 31.9 Å². The molecule has 0 bridgehead atoms. The van der Waals surface area contributed by atoms with E-state index in [-0.39, 0.29) is 24.7 Å². The van der Waals surface area contributed by atoms with Gasteiger partial charge in [0.15, 0.2) is 5.82 Å². The highest BCUT2D eigenvalue weighted by atomic mass is 32.2. The van der Waals surface area contributed by atoms with E-state index in [1.54, 1.807) is 0 Å². The van der Waals surface area contributed by atoms with Gasteiger partial charge in [0, 0.05) is 18.6 Å². The van der Waals surface area contributed by atoms with Crippen molar-refractivity contribution in [3.05, 3.63) is 24.0 Å². The van der Waals surface area contributed by atoms with Crippen molar-refractivity contribution in [1.82, 2.24) is 19.6 Å². The molecule has 1 aliphatic heterocycles. The van der Waals surface area contributed by atoms with Crippen LogP contribution in [0.2, 0.25) is 0 Å². The van der Waals surface area contributed by atoms with Crippen LogP contribution in [0.4, 0.5) is 9.18 Å². The molecular weight excluding hydrogens is 443 g/mol. The van der Waals surface area contributed by atoms with Crippen LogP contribution in [0.5, 0.6) is 0 Å². The van der Waals surface area contributed by atoms with Gasteiger partial charge >= 0.3 is 6.09 Å². The molecule has 1 amide bonds. The maximum atomic E-state index is 13.2. The number of amides is 1. The van der Waals surface area contributed by atoms with Crippen LogP contribution in [0.1, 0.15) is 37.9 Å².